The molecule has 0 N–H and O–H groups in total. The molecule has 0 aliphatic carbocycles. The first kappa shape index (κ1) is 10.4. The van der Waals surface area contributed by atoms with Crippen molar-refractivity contribution in [2.45, 2.75) is 0 Å². The minimum atomic E-state index is 1.25. The Morgan fingerprint density at radius 1 is 0.941 bits per heavy atom. The van der Waals surface area contributed by atoms with Crippen LogP contribution in [0.4, 0.5) is 0 Å². The third-order valence-electron chi connectivity index (χ3n) is 3.01. The van der Waals surface area contributed by atoms with Gasteiger partial charge in [-0.1, -0.05) is 23.5 Å². The first-order valence-electron chi connectivity index (χ1n) is 5.60. The van der Waals surface area contributed by atoms with Gasteiger partial charge in [-0.25, -0.2) is 0 Å². The Bertz CT molecular complexity index is 686. The van der Waals surface area contributed by atoms with Crippen LogP contribution in [0.5, 0.6) is 0 Å². The van der Waals surface area contributed by atoms with Crippen molar-refractivity contribution >= 4 is 21.6 Å². The van der Waals surface area contributed by atoms with Crippen LogP contribution in [0, 0.1) is 0 Å². The summed E-state index contributed by atoms with van der Waals surface area (Å²) in [5.41, 5.74) is 2.53. The topological polar surface area (TPSA) is 7.76 Å². The first-order chi connectivity index (χ1) is 8.27. The average molecular weight is 242 g/mol. The Morgan fingerprint density at radius 2 is 1.71 bits per heavy atom. The first-order valence-corrected chi connectivity index (χ1v) is 6.41. The van der Waals surface area contributed by atoms with Crippen molar-refractivity contribution in [2.75, 3.05) is 0 Å². The fourth-order valence-corrected chi connectivity index (χ4v) is 3.29. The number of para-hydroxylation sites is 1. The Kier molecular flexibility index (Phi) is 2.41. The van der Waals surface area contributed by atoms with Gasteiger partial charge in [0.2, 0.25) is 5.52 Å². The van der Waals surface area contributed by atoms with Gasteiger partial charge in [0.05, 0.1) is 0 Å². The molecule has 0 unspecified atom stereocenters. The smallest absolute Gasteiger partial charge is 0.195 e. The van der Waals surface area contributed by atoms with Gasteiger partial charge < -0.3 is 0 Å². The van der Waals surface area contributed by atoms with Crippen molar-refractivity contribution in [3.63, 3.8) is 0 Å². The normalized spacial score (nSPS) is 10.9. The third-order valence-corrected chi connectivity index (χ3v) is 4.25. The second kappa shape index (κ2) is 3.93. The highest BCUT2D eigenvalue weighted by Crippen LogP contribution is 2.25. The molecule has 2 aromatic heterocycles. The van der Waals surface area contributed by atoms with Crippen molar-refractivity contribution in [3.05, 3.63) is 48.7 Å². The molecule has 17 heavy (non-hydrogen) atoms. The van der Waals surface area contributed by atoms with Gasteiger partial charge in [0.25, 0.3) is 5.69 Å². The number of aryl methyl sites for hydroxylation is 2. The second-order valence-electron chi connectivity index (χ2n) is 4.13. The van der Waals surface area contributed by atoms with Crippen LogP contribution in [0.25, 0.3) is 20.9 Å². The van der Waals surface area contributed by atoms with E-state index in [4.69, 9.17) is 0 Å². The molecule has 3 rings (SSSR count). The van der Waals surface area contributed by atoms with Gasteiger partial charge in [-0.3, -0.25) is 0 Å². The van der Waals surface area contributed by atoms with Crippen LogP contribution in [0.3, 0.4) is 0 Å². The number of aromatic nitrogens is 2. The summed E-state index contributed by atoms with van der Waals surface area (Å²) < 4.78 is 5.74. The maximum Gasteiger partial charge on any atom is 0.335 e. The summed E-state index contributed by atoms with van der Waals surface area (Å²) in [5.74, 6) is 0. The minimum absolute atomic E-state index is 1.25. The van der Waals surface area contributed by atoms with Gasteiger partial charge in [0.15, 0.2) is 6.20 Å². The molecule has 2 nitrogen and oxygen atoms in total. The van der Waals surface area contributed by atoms with E-state index >= 15 is 0 Å². The number of thiazole rings is 1. The summed E-state index contributed by atoms with van der Waals surface area (Å²) in [6.07, 6.45) is 2.08. The number of hydrogen-bond donors (Lipinski definition) is 0. The molecule has 84 valence electrons. The monoisotopic (exact) mass is 242 g/mol. The van der Waals surface area contributed by atoms with Crippen molar-refractivity contribution in [1.82, 2.24) is 0 Å². The van der Waals surface area contributed by atoms with Gasteiger partial charge in [-0.15, -0.1) is 0 Å². The average Bonchev–Trinajstić information content (AvgIpc) is 2.68. The summed E-state index contributed by atoms with van der Waals surface area (Å²) >= 11 is 1.83. The molecule has 0 aliphatic rings. The van der Waals surface area contributed by atoms with Crippen molar-refractivity contribution in [2.24, 2.45) is 14.1 Å². The lowest BCUT2D eigenvalue weighted by atomic mass is 10.3. The Hall–Kier alpha value is -1.74. The molecule has 3 aromatic rings. The van der Waals surface area contributed by atoms with Crippen LogP contribution in [-0.4, -0.2) is 0 Å². The lowest BCUT2D eigenvalue weighted by Crippen LogP contribution is -2.36. The molecule has 0 saturated carbocycles. The van der Waals surface area contributed by atoms with Crippen molar-refractivity contribution in [1.29, 1.82) is 0 Å². The van der Waals surface area contributed by atoms with Crippen molar-refractivity contribution < 1.29 is 9.13 Å². The summed E-state index contributed by atoms with van der Waals surface area (Å²) in [6, 6.07) is 14.8. The number of rotatable bonds is 1. The quantitative estimate of drug-likeness (QED) is 0.578. The van der Waals surface area contributed by atoms with Gasteiger partial charge in [0.1, 0.15) is 18.8 Å². The molecule has 1 aromatic carbocycles. The van der Waals surface area contributed by atoms with E-state index in [1.54, 1.807) is 0 Å². The lowest BCUT2D eigenvalue weighted by molar-refractivity contribution is -0.678. The standard InChI is InChI=1S/C14H14N2S/c1-15-10-6-5-8-12(15)14-16(2)11-7-3-4-9-13(11)17-14/h3-10H,1-2H3/q+2. The largest absolute Gasteiger partial charge is 0.335 e. The van der Waals surface area contributed by atoms with E-state index in [1.165, 1.54) is 20.9 Å². The van der Waals surface area contributed by atoms with Crippen LogP contribution in [0.2, 0.25) is 0 Å². The zero-order valence-electron chi connectivity index (χ0n) is 9.92. The van der Waals surface area contributed by atoms with Crippen LogP contribution in [0.15, 0.2) is 48.7 Å². The maximum atomic E-state index is 2.26. The molecule has 0 amide bonds. The summed E-state index contributed by atoms with van der Waals surface area (Å²) in [7, 11) is 4.21. The molecule has 0 radical (unpaired) electrons. The van der Waals surface area contributed by atoms with E-state index in [1.807, 2.05) is 11.3 Å². The lowest BCUT2D eigenvalue weighted by Gasteiger charge is -1.93. The maximum absolute atomic E-state index is 2.26. The minimum Gasteiger partial charge on any atom is -0.195 e. The molecular weight excluding hydrogens is 228 g/mol. The fourth-order valence-electron chi connectivity index (χ4n) is 2.07. The Morgan fingerprint density at radius 3 is 2.47 bits per heavy atom. The molecule has 0 spiro atoms. The van der Waals surface area contributed by atoms with Crippen molar-refractivity contribution in [3.8, 4) is 10.7 Å². The Labute approximate surface area is 104 Å². The second-order valence-corrected chi connectivity index (χ2v) is 5.16. The number of nitrogens with zero attached hydrogens (tertiary/aromatic N) is 2. The molecular formula is C14H14N2S+2. The molecule has 3 heteroatoms. The van der Waals surface area contributed by atoms with Crippen LogP contribution >= 0.6 is 11.3 Å². The summed E-state index contributed by atoms with van der Waals surface area (Å²) in [6.45, 7) is 0. The molecule has 0 saturated heterocycles. The molecule has 2 heterocycles. The van der Waals surface area contributed by atoms with Gasteiger partial charge in [0, 0.05) is 18.2 Å². The highest BCUT2D eigenvalue weighted by atomic mass is 32.1. The highest BCUT2D eigenvalue weighted by Gasteiger charge is 2.24. The van der Waals surface area contributed by atoms with E-state index in [2.05, 4.69) is 71.9 Å². The van der Waals surface area contributed by atoms with E-state index in [-0.39, 0.29) is 0 Å². The van der Waals surface area contributed by atoms with Gasteiger partial charge in [-0.05, 0) is 12.1 Å². The SMILES string of the molecule is C[n+]1ccccc1-c1sc2ccccc2[n+]1C. The van der Waals surface area contributed by atoms with E-state index in [9.17, 15) is 0 Å². The molecule has 0 aliphatic heterocycles. The predicted octanol–water partition coefficient (Wildman–Crippen LogP) is 2.22. The number of hydrogen-bond acceptors (Lipinski definition) is 1. The third kappa shape index (κ3) is 1.63. The number of pyridine rings is 1. The van der Waals surface area contributed by atoms with E-state index < -0.39 is 0 Å². The highest BCUT2D eigenvalue weighted by molar-refractivity contribution is 7.21. The van der Waals surface area contributed by atoms with Crippen LogP contribution in [-0.2, 0) is 14.1 Å². The molecule has 0 fully saturated rings. The predicted molar refractivity (Wildman–Crippen MR) is 69.6 cm³/mol. The van der Waals surface area contributed by atoms with Gasteiger partial charge >= 0.3 is 5.01 Å². The van der Waals surface area contributed by atoms with E-state index in [0.29, 0.717) is 0 Å². The van der Waals surface area contributed by atoms with E-state index in [0.717, 1.165) is 0 Å². The van der Waals surface area contributed by atoms with Crippen LogP contribution in [0.1, 0.15) is 0 Å². The zero-order chi connectivity index (χ0) is 11.8. The zero-order valence-corrected chi connectivity index (χ0v) is 10.7. The van der Waals surface area contributed by atoms with Gasteiger partial charge in [-0.2, -0.15) is 9.13 Å². The number of benzene rings is 1. The summed E-state index contributed by atoms with van der Waals surface area (Å²) in [5, 5.41) is 1.29. The van der Waals surface area contributed by atoms with Crippen LogP contribution < -0.4 is 9.13 Å². The Balaban J connectivity index is 2.32. The summed E-state index contributed by atoms with van der Waals surface area (Å²) in [4.78, 5) is 0. The number of fused-ring (bicyclic) bond motifs is 1. The molecule has 0 atom stereocenters. The molecule has 0 bridgehead atoms. The fraction of sp³-hybridized carbons (Fsp3) is 0.143.